The maximum absolute atomic E-state index is 11.6. The summed E-state index contributed by atoms with van der Waals surface area (Å²) in [5.41, 5.74) is 0. The quantitative estimate of drug-likeness (QED) is 0.569. The first-order valence-corrected chi connectivity index (χ1v) is 7.38. The summed E-state index contributed by atoms with van der Waals surface area (Å²) in [5.74, 6) is 3.55. The van der Waals surface area contributed by atoms with Crippen LogP contribution >= 0.6 is 11.8 Å². The molecular weight excluding hydrogens is 248 g/mol. The highest BCUT2D eigenvalue weighted by molar-refractivity contribution is 8.00. The molecule has 0 aliphatic carbocycles. The zero-order chi connectivity index (χ0) is 13.3. The van der Waals surface area contributed by atoms with Crippen molar-refractivity contribution in [2.45, 2.75) is 30.9 Å². The molecule has 2 N–H and O–H groups in total. The molecule has 1 saturated heterocycles. The Bertz CT molecular complexity index is 290. The van der Waals surface area contributed by atoms with Gasteiger partial charge in [0.25, 0.3) is 0 Å². The van der Waals surface area contributed by atoms with Crippen LogP contribution in [0.1, 0.15) is 26.2 Å². The number of amides is 2. The van der Waals surface area contributed by atoms with E-state index in [9.17, 15) is 4.79 Å². The Balaban J connectivity index is 2.33. The molecular formula is C13H22N2O2S. The van der Waals surface area contributed by atoms with E-state index in [2.05, 4.69) is 23.5 Å². The Hall–Kier alpha value is -0.860. The predicted molar refractivity (Wildman–Crippen MR) is 75.8 cm³/mol. The Labute approximate surface area is 114 Å². The fraction of sp³-hybridized carbons (Fsp3) is 0.769. The van der Waals surface area contributed by atoms with Crippen LogP contribution in [-0.2, 0) is 4.74 Å². The van der Waals surface area contributed by atoms with E-state index < -0.39 is 0 Å². The van der Waals surface area contributed by atoms with Gasteiger partial charge in [0.2, 0.25) is 0 Å². The lowest BCUT2D eigenvalue weighted by molar-refractivity contribution is 0.0776. The van der Waals surface area contributed by atoms with Crippen LogP contribution in [0.2, 0.25) is 0 Å². The van der Waals surface area contributed by atoms with Crippen LogP contribution in [0.3, 0.4) is 0 Å². The van der Waals surface area contributed by atoms with E-state index in [1.807, 2.05) is 11.8 Å². The number of carbonyl (C=O) groups is 1. The summed E-state index contributed by atoms with van der Waals surface area (Å²) in [4.78, 5) is 11.6. The van der Waals surface area contributed by atoms with Crippen LogP contribution in [0, 0.1) is 12.3 Å². The van der Waals surface area contributed by atoms with Crippen molar-refractivity contribution >= 4 is 17.8 Å². The molecule has 0 radical (unpaired) electrons. The van der Waals surface area contributed by atoms with Crippen molar-refractivity contribution in [1.82, 2.24) is 10.6 Å². The van der Waals surface area contributed by atoms with Gasteiger partial charge in [0, 0.05) is 37.5 Å². The number of hydrogen-bond donors (Lipinski definition) is 2. The molecule has 0 spiro atoms. The fourth-order valence-corrected chi connectivity index (χ4v) is 3.22. The van der Waals surface area contributed by atoms with Gasteiger partial charge in [-0.2, -0.15) is 11.8 Å². The zero-order valence-electron chi connectivity index (χ0n) is 11.0. The average Bonchev–Trinajstić information content (AvgIpc) is 2.38. The number of hydrogen-bond acceptors (Lipinski definition) is 3. The van der Waals surface area contributed by atoms with Gasteiger partial charge < -0.3 is 15.4 Å². The predicted octanol–water partition coefficient (Wildman–Crippen LogP) is 1.61. The Morgan fingerprint density at radius 2 is 2.17 bits per heavy atom. The van der Waals surface area contributed by atoms with Crippen molar-refractivity contribution < 1.29 is 9.53 Å². The van der Waals surface area contributed by atoms with Crippen LogP contribution in [0.15, 0.2) is 0 Å². The maximum Gasteiger partial charge on any atom is 0.314 e. The van der Waals surface area contributed by atoms with Crippen LogP contribution < -0.4 is 10.6 Å². The van der Waals surface area contributed by atoms with Gasteiger partial charge in [0.05, 0.1) is 0 Å². The third-order valence-corrected chi connectivity index (χ3v) is 4.43. The molecule has 18 heavy (non-hydrogen) atoms. The molecule has 1 fully saturated rings. The molecule has 4 nitrogen and oxygen atoms in total. The lowest BCUT2D eigenvalue weighted by Crippen LogP contribution is -2.47. The van der Waals surface area contributed by atoms with Gasteiger partial charge in [-0.3, -0.25) is 0 Å². The highest BCUT2D eigenvalue weighted by Gasteiger charge is 2.32. The lowest BCUT2D eigenvalue weighted by Gasteiger charge is -2.36. The van der Waals surface area contributed by atoms with Crippen LogP contribution in [0.25, 0.3) is 0 Å². The van der Waals surface area contributed by atoms with Gasteiger partial charge in [-0.25, -0.2) is 4.79 Å². The second kappa shape index (κ2) is 8.28. The van der Waals surface area contributed by atoms with Crippen molar-refractivity contribution in [3.8, 4) is 12.3 Å². The number of carbonyl (C=O) groups excluding carboxylic acids is 1. The molecule has 0 atom stereocenters. The van der Waals surface area contributed by atoms with Crippen molar-refractivity contribution in [3.05, 3.63) is 0 Å². The van der Waals surface area contributed by atoms with Gasteiger partial charge in [-0.1, -0.05) is 6.92 Å². The lowest BCUT2D eigenvalue weighted by atomic mass is 9.99. The van der Waals surface area contributed by atoms with E-state index in [-0.39, 0.29) is 10.8 Å². The summed E-state index contributed by atoms with van der Waals surface area (Å²) in [5, 5.41) is 5.69. The molecule has 0 saturated carbocycles. The standard InChI is InChI=1S/C13H22N2O2S/c1-3-5-8-14-12(16)15-11-13(18-4-2)6-9-17-10-7-13/h1H,4-11H2,2H3,(H2,14,15,16). The molecule has 1 aliphatic heterocycles. The second-order valence-electron chi connectivity index (χ2n) is 4.29. The Morgan fingerprint density at radius 1 is 1.44 bits per heavy atom. The highest BCUT2D eigenvalue weighted by atomic mass is 32.2. The normalized spacial score (nSPS) is 17.8. The first-order chi connectivity index (χ1) is 8.72. The van der Waals surface area contributed by atoms with Crippen molar-refractivity contribution in [1.29, 1.82) is 0 Å². The SMILES string of the molecule is C#CCCNC(=O)NCC1(SCC)CCOCC1. The topological polar surface area (TPSA) is 50.4 Å². The smallest absolute Gasteiger partial charge is 0.314 e. The summed E-state index contributed by atoms with van der Waals surface area (Å²) >= 11 is 1.92. The molecule has 0 aromatic carbocycles. The molecule has 5 heteroatoms. The third kappa shape index (κ3) is 5.19. The monoisotopic (exact) mass is 270 g/mol. The van der Waals surface area contributed by atoms with Crippen LogP contribution in [0.5, 0.6) is 0 Å². The second-order valence-corrected chi connectivity index (χ2v) is 6.02. The number of nitrogens with one attached hydrogen (secondary N) is 2. The van der Waals surface area contributed by atoms with E-state index in [0.29, 0.717) is 19.5 Å². The van der Waals surface area contributed by atoms with E-state index >= 15 is 0 Å². The molecule has 0 bridgehead atoms. The zero-order valence-corrected chi connectivity index (χ0v) is 11.8. The molecule has 2 amide bonds. The summed E-state index contributed by atoms with van der Waals surface area (Å²) in [6, 6.07) is -0.132. The fourth-order valence-electron chi connectivity index (χ4n) is 1.97. The van der Waals surface area contributed by atoms with Crippen LogP contribution in [-0.4, -0.2) is 42.8 Å². The number of ether oxygens (including phenoxy) is 1. The highest BCUT2D eigenvalue weighted by Crippen LogP contribution is 2.34. The average molecular weight is 270 g/mol. The van der Waals surface area contributed by atoms with E-state index in [1.54, 1.807) is 0 Å². The molecule has 0 aromatic heterocycles. The van der Waals surface area contributed by atoms with E-state index in [1.165, 1.54) is 0 Å². The minimum absolute atomic E-state index is 0.132. The largest absolute Gasteiger partial charge is 0.381 e. The number of rotatable bonds is 6. The summed E-state index contributed by atoms with van der Waals surface area (Å²) < 4.78 is 5.53. The molecule has 0 unspecified atom stereocenters. The molecule has 1 heterocycles. The van der Waals surface area contributed by atoms with Crippen molar-refractivity contribution in [3.63, 3.8) is 0 Å². The number of terminal acetylenes is 1. The Morgan fingerprint density at radius 3 is 2.78 bits per heavy atom. The van der Waals surface area contributed by atoms with E-state index in [0.717, 1.165) is 31.8 Å². The molecule has 0 aromatic rings. The van der Waals surface area contributed by atoms with Gasteiger partial charge in [-0.05, 0) is 18.6 Å². The van der Waals surface area contributed by atoms with Crippen LogP contribution in [0.4, 0.5) is 4.79 Å². The summed E-state index contributed by atoms with van der Waals surface area (Å²) in [7, 11) is 0. The molecule has 102 valence electrons. The Kier molecular flexibility index (Phi) is 6.99. The van der Waals surface area contributed by atoms with Crippen molar-refractivity contribution in [2.24, 2.45) is 0 Å². The minimum Gasteiger partial charge on any atom is -0.381 e. The third-order valence-electron chi connectivity index (χ3n) is 2.98. The number of urea groups is 1. The van der Waals surface area contributed by atoms with Gasteiger partial charge >= 0.3 is 6.03 Å². The van der Waals surface area contributed by atoms with Crippen molar-refractivity contribution in [2.75, 3.05) is 32.1 Å². The summed E-state index contributed by atoms with van der Waals surface area (Å²) in [6.07, 6.45) is 7.69. The summed E-state index contributed by atoms with van der Waals surface area (Å²) in [6.45, 7) is 4.94. The number of thioether (sulfide) groups is 1. The first kappa shape index (κ1) is 15.2. The molecule has 1 aliphatic rings. The van der Waals surface area contributed by atoms with Gasteiger partial charge in [0.15, 0.2) is 0 Å². The maximum atomic E-state index is 11.6. The minimum atomic E-state index is -0.132. The van der Waals surface area contributed by atoms with Gasteiger partial charge in [-0.15, -0.1) is 12.3 Å². The molecule has 1 rings (SSSR count). The van der Waals surface area contributed by atoms with Gasteiger partial charge in [0.1, 0.15) is 0 Å². The first-order valence-electron chi connectivity index (χ1n) is 6.39. The van der Waals surface area contributed by atoms with E-state index in [4.69, 9.17) is 11.2 Å².